The minimum Gasteiger partial charge on any atom is -0.478 e. The summed E-state index contributed by atoms with van der Waals surface area (Å²) in [5.41, 5.74) is 0.376. The Kier molecular flexibility index (Phi) is 3.19. The van der Waals surface area contributed by atoms with Crippen molar-refractivity contribution < 1.29 is 19.5 Å². The highest BCUT2D eigenvalue weighted by Crippen LogP contribution is 2.37. The summed E-state index contributed by atoms with van der Waals surface area (Å²) >= 11 is 0. The van der Waals surface area contributed by atoms with E-state index in [1.54, 1.807) is 12.1 Å². The number of nitrogens with one attached hydrogen (secondary N) is 1. The molecule has 0 aromatic heterocycles. The van der Waals surface area contributed by atoms with Gasteiger partial charge < -0.3 is 10.4 Å². The van der Waals surface area contributed by atoms with Gasteiger partial charge in [0.05, 0.1) is 17.7 Å². The van der Waals surface area contributed by atoms with Crippen LogP contribution in [0.25, 0.3) is 0 Å². The number of carbonyl (C=O) groups excluding carboxylic acids is 1. The number of carboxylic acids is 1. The predicted molar refractivity (Wildman–Crippen MR) is 71.4 cm³/mol. The number of rotatable bonds is 2. The van der Waals surface area contributed by atoms with Crippen LogP contribution in [0.3, 0.4) is 0 Å². The van der Waals surface area contributed by atoms with Crippen LogP contribution in [0.1, 0.15) is 29.6 Å². The first kappa shape index (κ1) is 13.1. The molecule has 106 valence electrons. The lowest BCUT2D eigenvalue weighted by Crippen LogP contribution is -2.42. The standard InChI is InChI=1S/C14H16N2O4/c17-12-9-14(5-7-15-8-6-14)20-16(12)11-3-1-10(2-4-11)13(18)19/h1-4,15H,5-9H2,(H,18,19). The highest BCUT2D eigenvalue weighted by Gasteiger charge is 2.46. The molecule has 2 aliphatic heterocycles. The average Bonchev–Trinajstić information content (AvgIpc) is 2.76. The van der Waals surface area contributed by atoms with Crippen molar-refractivity contribution in [2.24, 2.45) is 0 Å². The molecule has 1 aromatic carbocycles. The Labute approximate surface area is 116 Å². The molecule has 0 radical (unpaired) electrons. The SMILES string of the molecule is O=C(O)c1ccc(N2OC3(CCNCC3)CC2=O)cc1. The Morgan fingerprint density at radius 2 is 1.90 bits per heavy atom. The molecule has 6 nitrogen and oxygen atoms in total. The van der Waals surface area contributed by atoms with Gasteiger partial charge in [-0.1, -0.05) is 0 Å². The maximum atomic E-state index is 12.1. The largest absolute Gasteiger partial charge is 0.478 e. The molecule has 6 heteroatoms. The molecule has 2 heterocycles. The molecule has 3 rings (SSSR count). The molecule has 2 aliphatic rings. The highest BCUT2D eigenvalue weighted by molar-refractivity contribution is 5.95. The van der Waals surface area contributed by atoms with Crippen molar-refractivity contribution in [3.8, 4) is 0 Å². The molecular formula is C14H16N2O4. The number of carboxylic acid groups (broad SMARTS) is 1. The number of hydroxylamine groups is 1. The fraction of sp³-hybridized carbons (Fsp3) is 0.429. The lowest BCUT2D eigenvalue weighted by molar-refractivity contribution is -0.119. The van der Waals surface area contributed by atoms with Crippen LogP contribution < -0.4 is 10.4 Å². The van der Waals surface area contributed by atoms with Crippen LogP contribution in [0.4, 0.5) is 5.69 Å². The van der Waals surface area contributed by atoms with Crippen LogP contribution >= 0.6 is 0 Å². The molecule has 0 atom stereocenters. The summed E-state index contributed by atoms with van der Waals surface area (Å²) in [6, 6.07) is 6.15. The molecule has 2 N–H and O–H groups in total. The fourth-order valence-corrected chi connectivity index (χ4v) is 2.71. The van der Waals surface area contributed by atoms with Gasteiger partial charge in [-0.05, 0) is 50.2 Å². The first-order chi connectivity index (χ1) is 9.60. The summed E-state index contributed by atoms with van der Waals surface area (Å²) in [5.74, 6) is -1.06. The van der Waals surface area contributed by atoms with Gasteiger partial charge in [-0.15, -0.1) is 0 Å². The molecule has 0 saturated carbocycles. The van der Waals surface area contributed by atoms with Gasteiger partial charge in [-0.2, -0.15) is 5.06 Å². The number of hydrogen-bond acceptors (Lipinski definition) is 4. The molecule has 1 aromatic rings. The second kappa shape index (κ2) is 4.88. The maximum absolute atomic E-state index is 12.1. The molecule has 0 unspecified atom stereocenters. The van der Waals surface area contributed by atoms with E-state index in [4.69, 9.17) is 9.94 Å². The second-order valence-electron chi connectivity index (χ2n) is 5.24. The van der Waals surface area contributed by atoms with Crippen molar-refractivity contribution in [2.45, 2.75) is 24.9 Å². The normalized spacial score (nSPS) is 21.4. The minimum absolute atomic E-state index is 0.0741. The van der Waals surface area contributed by atoms with Gasteiger partial charge in [-0.3, -0.25) is 9.63 Å². The van der Waals surface area contributed by atoms with Gasteiger partial charge >= 0.3 is 5.97 Å². The van der Waals surface area contributed by atoms with Gasteiger partial charge in [0.1, 0.15) is 5.60 Å². The zero-order chi connectivity index (χ0) is 14.2. The number of anilines is 1. The third-order valence-electron chi connectivity index (χ3n) is 3.85. The molecule has 20 heavy (non-hydrogen) atoms. The van der Waals surface area contributed by atoms with E-state index in [1.165, 1.54) is 17.2 Å². The molecule has 0 bridgehead atoms. The van der Waals surface area contributed by atoms with Crippen LogP contribution in [0.2, 0.25) is 0 Å². The van der Waals surface area contributed by atoms with Gasteiger partial charge in [0.25, 0.3) is 5.91 Å². The van der Waals surface area contributed by atoms with E-state index in [0.717, 1.165) is 25.9 Å². The zero-order valence-corrected chi connectivity index (χ0v) is 11.0. The first-order valence-corrected chi connectivity index (χ1v) is 6.66. The third-order valence-corrected chi connectivity index (χ3v) is 3.85. The van der Waals surface area contributed by atoms with Crippen LogP contribution in [0.15, 0.2) is 24.3 Å². The summed E-state index contributed by atoms with van der Waals surface area (Å²) in [7, 11) is 0. The van der Waals surface area contributed by atoms with Crippen molar-refractivity contribution in [1.82, 2.24) is 5.32 Å². The number of nitrogens with zero attached hydrogens (tertiary/aromatic N) is 1. The lowest BCUT2D eigenvalue weighted by Gasteiger charge is -2.32. The average molecular weight is 276 g/mol. The van der Waals surface area contributed by atoms with Crippen molar-refractivity contribution in [3.05, 3.63) is 29.8 Å². The van der Waals surface area contributed by atoms with Gasteiger partial charge in [-0.25, -0.2) is 4.79 Å². The van der Waals surface area contributed by atoms with Crippen LogP contribution in [0.5, 0.6) is 0 Å². The molecule has 2 fully saturated rings. The van der Waals surface area contributed by atoms with Crippen molar-refractivity contribution in [2.75, 3.05) is 18.2 Å². The Morgan fingerprint density at radius 3 is 2.50 bits per heavy atom. The maximum Gasteiger partial charge on any atom is 0.335 e. The lowest BCUT2D eigenvalue weighted by atomic mass is 9.90. The number of carbonyl (C=O) groups is 2. The van der Waals surface area contributed by atoms with Crippen molar-refractivity contribution in [1.29, 1.82) is 0 Å². The second-order valence-corrected chi connectivity index (χ2v) is 5.24. The van der Waals surface area contributed by atoms with E-state index >= 15 is 0 Å². The number of piperidine rings is 1. The minimum atomic E-state index is -0.986. The third kappa shape index (κ3) is 2.28. The molecular weight excluding hydrogens is 260 g/mol. The van der Waals surface area contributed by atoms with E-state index in [-0.39, 0.29) is 11.5 Å². The van der Waals surface area contributed by atoms with E-state index < -0.39 is 11.6 Å². The molecule has 2 saturated heterocycles. The van der Waals surface area contributed by atoms with Crippen LogP contribution in [-0.4, -0.2) is 35.7 Å². The smallest absolute Gasteiger partial charge is 0.335 e. The Balaban J connectivity index is 1.80. The number of aromatic carboxylic acids is 1. The summed E-state index contributed by atoms with van der Waals surface area (Å²) < 4.78 is 0. The highest BCUT2D eigenvalue weighted by atomic mass is 16.7. The van der Waals surface area contributed by atoms with Gasteiger partial charge in [0, 0.05) is 0 Å². The van der Waals surface area contributed by atoms with E-state index in [9.17, 15) is 9.59 Å². The molecule has 1 spiro atoms. The van der Waals surface area contributed by atoms with Crippen LogP contribution in [-0.2, 0) is 9.63 Å². The van der Waals surface area contributed by atoms with E-state index in [0.29, 0.717) is 12.1 Å². The van der Waals surface area contributed by atoms with E-state index in [2.05, 4.69) is 5.32 Å². The zero-order valence-electron chi connectivity index (χ0n) is 11.0. The Hall–Kier alpha value is -1.92. The molecule has 0 aliphatic carbocycles. The monoisotopic (exact) mass is 276 g/mol. The fourth-order valence-electron chi connectivity index (χ4n) is 2.71. The first-order valence-electron chi connectivity index (χ1n) is 6.66. The summed E-state index contributed by atoms with van der Waals surface area (Å²) in [4.78, 5) is 28.8. The molecule has 1 amide bonds. The summed E-state index contributed by atoms with van der Waals surface area (Å²) in [5, 5.41) is 13.4. The summed E-state index contributed by atoms with van der Waals surface area (Å²) in [6.45, 7) is 1.69. The van der Waals surface area contributed by atoms with Gasteiger partial charge in [0.2, 0.25) is 0 Å². The van der Waals surface area contributed by atoms with Gasteiger partial charge in [0.15, 0.2) is 0 Å². The predicted octanol–water partition coefficient (Wildman–Crippen LogP) is 1.18. The number of benzene rings is 1. The summed E-state index contributed by atoms with van der Waals surface area (Å²) in [6.07, 6.45) is 2.00. The topological polar surface area (TPSA) is 78.9 Å². The Morgan fingerprint density at radius 1 is 1.25 bits per heavy atom. The quantitative estimate of drug-likeness (QED) is 0.848. The van der Waals surface area contributed by atoms with Crippen molar-refractivity contribution >= 4 is 17.6 Å². The number of amides is 1. The van der Waals surface area contributed by atoms with Crippen LogP contribution in [0, 0.1) is 0 Å². The van der Waals surface area contributed by atoms with Crippen molar-refractivity contribution in [3.63, 3.8) is 0 Å². The Bertz CT molecular complexity index is 535. The number of hydrogen-bond donors (Lipinski definition) is 2. The van der Waals surface area contributed by atoms with E-state index in [1.807, 2.05) is 0 Å².